The highest BCUT2D eigenvalue weighted by Crippen LogP contribution is 2.44. The zero-order chi connectivity index (χ0) is 42.7. The number of aromatic nitrogens is 2. The van der Waals surface area contributed by atoms with Crippen LogP contribution in [-0.2, 0) is 6.18 Å². The van der Waals surface area contributed by atoms with E-state index in [0.717, 1.165) is 49.9 Å². The zero-order valence-electron chi connectivity index (χ0n) is 32.4. The molecule has 10 aromatic rings. The number of nitrogens with zero attached hydrogens (tertiary/aromatic N) is 6. The fraction of sp³-hybridized carbons (Fsp3) is 0.0189. The molecule has 0 unspecified atom stereocenters. The van der Waals surface area contributed by atoms with Crippen molar-refractivity contribution in [2.24, 2.45) is 0 Å². The van der Waals surface area contributed by atoms with Gasteiger partial charge >= 0.3 is 6.18 Å². The van der Waals surface area contributed by atoms with Crippen LogP contribution in [0.4, 0.5) is 13.2 Å². The number of nitriles is 4. The molecule has 10 rings (SSSR count). The summed E-state index contributed by atoms with van der Waals surface area (Å²) in [5.41, 5.74) is 6.77. The SMILES string of the molecule is N#Cc1ccc(-c2cc(-n3c4ccccc4c4cc(-c5ccccc5C#N)ccc43)c(C#N)c(-n3c4ccccc4c4cc(-c5ccccc5C#N)ccc43)c2)c(C(F)(F)F)c1. The van der Waals surface area contributed by atoms with Crippen molar-refractivity contribution >= 4 is 43.6 Å². The molecule has 0 aliphatic rings. The van der Waals surface area contributed by atoms with Crippen LogP contribution < -0.4 is 0 Å². The van der Waals surface area contributed by atoms with Crippen LogP contribution >= 0.6 is 0 Å². The van der Waals surface area contributed by atoms with E-state index in [1.54, 1.807) is 24.3 Å². The number of benzene rings is 8. The van der Waals surface area contributed by atoms with Crippen molar-refractivity contribution in [3.8, 4) is 69.0 Å². The van der Waals surface area contributed by atoms with Crippen LogP contribution in [0.2, 0.25) is 0 Å². The lowest BCUT2D eigenvalue weighted by Crippen LogP contribution is -2.09. The molecule has 0 saturated heterocycles. The van der Waals surface area contributed by atoms with E-state index in [1.807, 2.05) is 137 Å². The molecule has 0 aliphatic heterocycles. The van der Waals surface area contributed by atoms with Gasteiger partial charge in [0, 0.05) is 21.5 Å². The molecule has 0 aliphatic carbocycles. The third kappa shape index (κ3) is 5.85. The van der Waals surface area contributed by atoms with Crippen molar-refractivity contribution in [3.63, 3.8) is 0 Å². The minimum atomic E-state index is -4.82. The molecule has 0 fully saturated rings. The summed E-state index contributed by atoms with van der Waals surface area (Å²) in [4.78, 5) is 0. The van der Waals surface area contributed by atoms with Gasteiger partial charge in [0.2, 0.25) is 0 Å². The summed E-state index contributed by atoms with van der Waals surface area (Å²) in [6.45, 7) is 0. The predicted octanol–water partition coefficient (Wildman–Crippen LogP) is 13.4. The Morgan fingerprint density at radius 3 is 1.32 bits per heavy atom. The molecule has 0 atom stereocenters. The summed E-state index contributed by atoms with van der Waals surface area (Å²) in [6.07, 6.45) is -4.82. The van der Waals surface area contributed by atoms with Crippen molar-refractivity contribution in [1.82, 2.24) is 9.13 Å². The van der Waals surface area contributed by atoms with E-state index in [4.69, 9.17) is 0 Å². The summed E-state index contributed by atoms with van der Waals surface area (Å²) in [6, 6.07) is 57.2. The van der Waals surface area contributed by atoms with Crippen LogP contribution in [0, 0.1) is 45.3 Å². The van der Waals surface area contributed by atoms with E-state index in [1.165, 1.54) is 12.1 Å². The summed E-state index contributed by atoms with van der Waals surface area (Å²) in [5, 5.41) is 44.2. The number of para-hydroxylation sites is 2. The molecule has 6 nitrogen and oxygen atoms in total. The minimum Gasteiger partial charge on any atom is -0.308 e. The Balaban J connectivity index is 1.33. The Labute approximate surface area is 352 Å². The molecule has 8 aromatic carbocycles. The molecule has 9 heteroatoms. The highest BCUT2D eigenvalue weighted by molar-refractivity contribution is 6.12. The first-order valence-electron chi connectivity index (χ1n) is 19.5. The van der Waals surface area contributed by atoms with E-state index < -0.39 is 11.7 Å². The van der Waals surface area contributed by atoms with Gasteiger partial charge in [-0.1, -0.05) is 91.0 Å². The molecular weight excluding hydrogens is 778 g/mol. The van der Waals surface area contributed by atoms with Crippen molar-refractivity contribution < 1.29 is 13.2 Å². The zero-order valence-corrected chi connectivity index (χ0v) is 32.4. The van der Waals surface area contributed by atoms with Gasteiger partial charge in [0.05, 0.1) is 73.9 Å². The van der Waals surface area contributed by atoms with E-state index >= 15 is 13.2 Å². The molecular formula is C53H27F3N6. The molecule has 0 spiro atoms. The van der Waals surface area contributed by atoms with Gasteiger partial charge in [-0.3, -0.25) is 0 Å². The number of rotatable bonds is 5. The first-order chi connectivity index (χ1) is 30.2. The van der Waals surface area contributed by atoms with Crippen molar-refractivity contribution in [2.45, 2.75) is 6.18 Å². The molecule has 62 heavy (non-hydrogen) atoms. The van der Waals surface area contributed by atoms with Gasteiger partial charge in [-0.15, -0.1) is 0 Å². The lowest BCUT2D eigenvalue weighted by atomic mass is 9.94. The molecule has 2 aromatic heterocycles. The van der Waals surface area contributed by atoms with Crippen LogP contribution in [0.1, 0.15) is 27.8 Å². The number of halogens is 3. The third-order valence-corrected chi connectivity index (χ3v) is 11.5. The smallest absolute Gasteiger partial charge is 0.308 e. The molecule has 0 saturated carbocycles. The highest BCUT2D eigenvalue weighted by atomic mass is 19.4. The Morgan fingerprint density at radius 2 is 0.855 bits per heavy atom. The van der Waals surface area contributed by atoms with E-state index in [-0.39, 0.29) is 22.3 Å². The molecule has 2 heterocycles. The summed E-state index contributed by atoms with van der Waals surface area (Å²) < 4.78 is 48.9. The normalized spacial score (nSPS) is 11.4. The average Bonchev–Trinajstić information content (AvgIpc) is 3.82. The van der Waals surface area contributed by atoms with Crippen LogP contribution in [0.5, 0.6) is 0 Å². The van der Waals surface area contributed by atoms with Gasteiger partial charge in [-0.25, -0.2) is 0 Å². The Morgan fingerprint density at radius 1 is 0.387 bits per heavy atom. The van der Waals surface area contributed by atoms with Crippen LogP contribution in [0.3, 0.4) is 0 Å². The first-order valence-corrected chi connectivity index (χ1v) is 19.5. The fourth-order valence-electron chi connectivity index (χ4n) is 8.80. The number of hydrogen-bond acceptors (Lipinski definition) is 4. The maximum atomic E-state index is 15.0. The molecule has 0 radical (unpaired) electrons. The first kappa shape index (κ1) is 37.4. The van der Waals surface area contributed by atoms with E-state index in [9.17, 15) is 21.0 Å². The van der Waals surface area contributed by atoms with Gasteiger partial charge in [0.15, 0.2) is 0 Å². The van der Waals surface area contributed by atoms with Gasteiger partial charge in [0.1, 0.15) is 11.6 Å². The van der Waals surface area contributed by atoms with Crippen molar-refractivity contribution in [1.29, 1.82) is 21.0 Å². The Kier molecular flexibility index (Phi) is 8.70. The van der Waals surface area contributed by atoms with E-state index in [2.05, 4.69) is 18.2 Å². The van der Waals surface area contributed by atoms with Gasteiger partial charge in [-0.05, 0) is 106 Å². The highest BCUT2D eigenvalue weighted by Gasteiger charge is 2.35. The molecule has 0 bridgehead atoms. The largest absolute Gasteiger partial charge is 0.417 e. The van der Waals surface area contributed by atoms with Gasteiger partial charge in [0.25, 0.3) is 0 Å². The second-order valence-corrected chi connectivity index (χ2v) is 14.9. The van der Waals surface area contributed by atoms with Crippen LogP contribution in [0.25, 0.3) is 88.4 Å². The second kappa shape index (κ2) is 14.4. The summed E-state index contributed by atoms with van der Waals surface area (Å²) in [7, 11) is 0. The second-order valence-electron chi connectivity index (χ2n) is 14.9. The Bertz CT molecular complexity index is 3500. The van der Waals surface area contributed by atoms with Crippen LogP contribution in [-0.4, -0.2) is 9.13 Å². The van der Waals surface area contributed by atoms with E-state index in [0.29, 0.717) is 44.6 Å². The van der Waals surface area contributed by atoms with Crippen molar-refractivity contribution in [3.05, 3.63) is 192 Å². The topological polar surface area (TPSA) is 105 Å². The summed E-state index contributed by atoms with van der Waals surface area (Å²) >= 11 is 0. The minimum absolute atomic E-state index is 0.137. The number of alkyl halides is 3. The lowest BCUT2D eigenvalue weighted by molar-refractivity contribution is -0.137. The number of hydrogen-bond donors (Lipinski definition) is 0. The molecule has 290 valence electrons. The maximum absolute atomic E-state index is 15.0. The monoisotopic (exact) mass is 804 g/mol. The fourth-order valence-corrected chi connectivity index (χ4v) is 8.80. The van der Waals surface area contributed by atoms with Crippen LogP contribution in [0.15, 0.2) is 164 Å². The quantitative estimate of drug-likeness (QED) is 0.173. The maximum Gasteiger partial charge on any atom is 0.417 e. The molecule has 0 amide bonds. The molecule has 0 N–H and O–H groups in total. The predicted molar refractivity (Wildman–Crippen MR) is 235 cm³/mol. The van der Waals surface area contributed by atoms with Gasteiger partial charge < -0.3 is 9.13 Å². The Hall–Kier alpha value is -8.89. The number of fused-ring (bicyclic) bond motifs is 6. The average molecular weight is 805 g/mol. The standard InChI is InChI=1S/C53H27F3N6/c54-53(55,56)46-23-32(28-57)17-20-40(46)37-26-51(61-47-15-7-5-13-41(47)43-24-33(18-21-49(43)61)38-11-3-1-9-35(38)29-58)45(31-60)52(27-37)62-48-16-8-6-14-42(48)44-25-34(19-22-50(44)62)39-12-4-2-10-36(39)30-59/h1-27H. The van der Waals surface area contributed by atoms with Crippen molar-refractivity contribution in [2.75, 3.05) is 0 Å². The lowest BCUT2D eigenvalue weighted by Gasteiger charge is -2.20. The summed E-state index contributed by atoms with van der Waals surface area (Å²) in [5.74, 6) is 0. The third-order valence-electron chi connectivity index (χ3n) is 11.5. The van der Waals surface area contributed by atoms with Gasteiger partial charge in [-0.2, -0.15) is 34.2 Å².